The zero-order valence-electron chi connectivity index (χ0n) is 6.04. The molecule has 5 nitrogen and oxygen atoms in total. The van der Waals surface area contributed by atoms with Gasteiger partial charge >= 0.3 is 0 Å². The van der Waals surface area contributed by atoms with Gasteiger partial charge in [0.25, 0.3) is 6.47 Å². The van der Waals surface area contributed by atoms with E-state index >= 15 is 0 Å². The standard InChI is InChI=1S/C7H5N3O2/c8-10-9-6-1-3-7(4-2-6)12-5-11/h1-5H. The van der Waals surface area contributed by atoms with E-state index in [1.165, 1.54) is 0 Å². The maximum absolute atomic E-state index is 9.88. The molecule has 12 heavy (non-hydrogen) atoms. The van der Waals surface area contributed by atoms with Gasteiger partial charge in [-0.2, -0.15) is 0 Å². The van der Waals surface area contributed by atoms with Crippen LogP contribution in [0.5, 0.6) is 5.75 Å². The van der Waals surface area contributed by atoms with E-state index in [4.69, 9.17) is 5.53 Å². The Morgan fingerprint density at radius 1 is 1.42 bits per heavy atom. The Kier molecular flexibility index (Phi) is 2.70. The Balaban J connectivity index is 2.84. The summed E-state index contributed by atoms with van der Waals surface area (Å²) < 4.78 is 4.52. The molecular formula is C7H5N3O2. The molecule has 5 heteroatoms. The van der Waals surface area contributed by atoms with Crippen LogP contribution in [0.3, 0.4) is 0 Å². The van der Waals surface area contributed by atoms with Crippen molar-refractivity contribution < 1.29 is 9.53 Å². The maximum Gasteiger partial charge on any atom is 0.298 e. The van der Waals surface area contributed by atoms with Crippen molar-refractivity contribution in [3.8, 4) is 5.75 Å². The number of azide groups is 1. The predicted octanol–water partition coefficient (Wildman–Crippen LogP) is 2.16. The molecule has 1 aromatic carbocycles. The molecule has 0 aliphatic rings. The van der Waals surface area contributed by atoms with E-state index < -0.39 is 0 Å². The van der Waals surface area contributed by atoms with Gasteiger partial charge in [0.05, 0.1) is 0 Å². The molecule has 1 rings (SSSR count). The average molecular weight is 163 g/mol. The van der Waals surface area contributed by atoms with Gasteiger partial charge < -0.3 is 4.74 Å². The topological polar surface area (TPSA) is 75.1 Å². The first-order valence-corrected chi connectivity index (χ1v) is 3.12. The van der Waals surface area contributed by atoms with E-state index in [0.717, 1.165) is 0 Å². The van der Waals surface area contributed by atoms with Gasteiger partial charge in [-0.1, -0.05) is 5.11 Å². The second-order valence-electron chi connectivity index (χ2n) is 1.90. The molecule has 0 fully saturated rings. The second kappa shape index (κ2) is 4.00. The van der Waals surface area contributed by atoms with E-state index in [-0.39, 0.29) is 0 Å². The summed E-state index contributed by atoms with van der Waals surface area (Å²) in [5.41, 5.74) is 8.55. The van der Waals surface area contributed by atoms with Gasteiger partial charge in [0.2, 0.25) is 0 Å². The highest BCUT2D eigenvalue weighted by Gasteiger charge is 1.91. The van der Waals surface area contributed by atoms with Crippen molar-refractivity contribution in [3.05, 3.63) is 34.7 Å². The molecule has 0 aliphatic carbocycles. The molecule has 0 aliphatic heterocycles. The number of nitrogens with zero attached hydrogens (tertiary/aromatic N) is 3. The van der Waals surface area contributed by atoms with Crippen LogP contribution in [0.15, 0.2) is 29.4 Å². The first-order valence-electron chi connectivity index (χ1n) is 3.12. The fraction of sp³-hybridized carbons (Fsp3) is 0. The highest BCUT2D eigenvalue weighted by molar-refractivity contribution is 5.48. The summed E-state index contributed by atoms with van der Waals surface area (Å²) in [5, 5.41) is 3.34. The minimum absolute atomic E-state index is 0.336. The normalized spacial score (nSPS) is 8.33. The summed E-state index contributed by atoms with van der Waals surface area (Å²) in [6.07, 6.45) is 0. The van der Waals surface area contributed by atoms with Crippen LogP contribution >= 0.6 is 0 Å². The predicted molar refractivity (Wildman–Crippen MR) is 41.9 cm³/mol. The maximum atomic E-state index is 9.88. The van der Waals surface area contributed by atoms with Gasteiger partial charge in [0, 0.05) is 10.6 Å². The number of rotatable bonds is 3. The van der Waals surface area contributed by atoms with Crippen LogP contribution in [0.25, 0.3) is 10.4 Å². The average Bonchev–Trinajstić information content (AvgIpc) is 2.09. The largest absolute Gasteiger partial charge is 0.429 e. The van der Waals surface area contributed by atoms with E-state index in [2.05, 4.69) is 14.8 Å². The molecule has 0 saturated heterocycles. The number of benzene rings is 1. The highest BCUT2D eigenvalue weighted by Crippen LogP contribution is 2.17. The number of hydrogen-bond acceptors (Lipinski definition) is 3. The molecule has 60 valence electrons. The molecule has 0 radical (unpaired) electrons. The van der Waals surface area contributed by atoms with Crippen LogP contribution in [0.1, 0.15) is 0 Å². The fourth-order valence-corrected chi connectivity index (χ4v) is 0.699. The van der Waals surface area contributed by atoms with Gasteiger partial charge in [0.15, 0.2) is 0 Å². The lowest BCUT2D eigenvalue weighted by atomic mass is 10.3. The van der Waals surface area contributed by atoms with Crippen LogP contribution in [0.4, 0.5) is 5.69 Å². The summed E-state index contributed by atoms with van der Waals surface area (Å²) in [6.45, 7) is 0.336. The van der Waals surface area contributed by atoms with Gasteiger partial charge in [-0.25, -0.2) is 0 Å². The molecule has 0 saturated carbocycles. The summed E-state index contributed by atoms with van der Waals surface area (Å²) in [5.74, 6) is 0.418. The van der Waals surface area contributed by atoms with Gasteiger partial charge in [-0.15, -0.1) is 0 Å². The summed E-state index contributed by atoms with van der Waals surface area (Å²) in [4.78, 5) is 12.5. The van der Waals surface area contributed by atoms with Crippen molar-refractivity contribution in [1.29, 1.82) is 0 Å². The molecule has 0 bridgehead atoms. The zero-order chi connectivity index (χ0) is 8.81. The lowest BCUT2D eigenvalue weighted by Crippen LogP contribution is -1.86. The molecule has 0 amide bonds. The van der Waals surface area contributed by atoms with Crippen LogP contribution in [0.2, 0.25) is 0 Å². The molecule has 0 aromatic heterocycles. The minimum Gasteiger partial charge on any atom is -0.429 e. The smallest absolute Gasteiger partial charge is 0.298 e. The third kappa shape index (κ3) is 2.00. The molecule has 0 unspecified atom stereocenters. The Bertz CT molecular complexity index is 314. The van der Waals surface area contributed by atoms with Crippen LogP contribution in [0, 0.1) is 0 Å². The molecular weight excluding hydrogens is 158 g/mol. The van der Waals surface area contributed by atoms with Crippen molar-refractivity contribution in [2.24, 2.45) is 5.11 Å². The van der Waals surface area contributed by atoms with Crippen LogP contribution in [-0.2, 0) is 4.79 Å². The van der Waals surface area contributed by atoms with Crippen LogP contribution in [-0.4, -0.2) is 6.47 Å². The molecule has 0 N–H and O–H groups in total. The van der Waals surface area contributed by atoms with Crippen molar-refractivity contribution in [3.63, 3.8) is 0 Å². The van der Waals surface area contributed by atoms with Crippen molar-refractivity contribution in [2.75, 3.05) is 0 Å². The molecule has 0 atom stereocenters. The molecule has 0 spiro atoms. The number of hydrogen-bond donors (Lipinski definition) is 0. The van der Waals surface area contributed by atoms with Crippen LogP contribution < -0.4 is 4.74 Å². The minimum atomic E-state index is 0.336. The Morgan fingerprint density at radius 3 is 2.58 bits per heavy atom. The van der Waals surface area contributed by atoms with Crippen molar-refractivity contribution in [1.82, 2.24) is 0 Å². The van der Waals surface area contributed by atoms with Gasteiger partial charge in [0.1, 0.15) is 5.75 Å². The first-order chi connectivity index (χ1) is 5.86. The van der Waals surface area contributed by atoms with Gasteiger partial charge in [-0.05, 0) is 29.8 Å². The number of carbonyl (C=O) groups excluding carboxylic acids is 1. The number of ether oxygens (including phenoxy) is 1. The van der Waals surface area contributed by atoms with E-state index in [0.29, 0.717) is 17.9 Å². The van der Waals surface area contributed by atoms with Crippen molar-refractivity contribution >= 4 is 12.2 Å². The Labute approximate surface area is 68.2 Å². The SMILES string of the molecule is [N-]=[N+]=Nc1ccc(OC=O)cc1. The van der Waals surface area contributed by atoms with Gasteiger partial charge in [-0.3, -0.25) is 4.79 Å². The third-order valence-corrected chi connectivity index (χ3v) is 1.18. The van der Waals surface area contributed by atoms with E-state index in [9.17, 15) is 4.79 Å². The lowest BCUT2D eigenvalue weighted by Gasteiger charge is -1.95. The Hall–Kier alpha value is -2.00. The number of carbonyl (C=O) groups is 1. The fourth-order valence-electron chi connectivity index (χ4n) is 0.699. The lowest BCUT2D eigenvalue weighted by molar-refractivity contribution is -0.120. The third-order valence-electron chi connectivity index (χ3n) is 1.18. The van der Waals surface area contributed by atoms with Crippen molar-refractivity contribution in [2.45, 2.75) is 0 Å². The monoisotopic (exact) mass is 163 g/mol. The van der Waals surface area contributed by atoms with E-state index in [1.807, 2.05) is 0 Å². The first kappa shape index (κ1) is 8.10. The summed E-state index contributed by atoms with van der Waals surface area (Å²) in [6, 6.07) is 6.19. The quantitative estimate of drug-likeness (QED) is 0.296. The molecule has 1 aromatic rings. The summed E-state index contributed by atoms with van der Waals surface area (Å²) in [7, 11) is 0. The second-order valence-corrected chi connectivity index (χ2v) is 1.90. The molecule has 0 heterocycles. The Morgan fingerprint density at radius 2 is 2.08 bits per heavy atom. The zero-order valence-corrected chi connectivity index (χ0v) is 6.04. The highest BCUT2D eigenvalue weighted by atomic mass is 16.5. The summed E-state index contributed by atoms with van der Waals surface area (Å²) >= 11 is 0. The van der Waals surface area contributed by atoms with E-state index in [1.54, 1.807) is 24.3 Å².